The van der Waals surface area contributed by atoms with Crippen LogP contribution >= 0.6 is 11.8 Å². The van der Waals surface area contributed by atoms with E-state index in [1.807, 2.05) is 18.2 Å². The molecule has 0 aliphatic carbocycles. The van der Waals surface area contributed by atoms with Crippen molar-refractivity contribution in [2.45, 2.75) is 42.1 Å². The highest BCUT2D eigenvalue weighted by molar-refractivity contribution is 8.00. The van der Waals surface area contributed by atoms with Gasteiger partial charge in [0.1, 0.15) is 11.2 Å². The molecule has 1 aromatic carbocycles. The molecule has 0 saturated carbocycles. The van der Waals surface area contributed by atoms with E-state index in [4.69, 9.17) is 9.72 Å². The molecule has 3 aliphatic heterocycles. The highest BCUT2D eigenvalue weighted by Gasteiger charge is 2.30. The van der Waals surface area contributed by atoms with Crippen molar-refractivity contribution in [1.82, 2.24) is 15.3 Å². The first-order valence-corrected chi connectivity index (χ1v) is 11.5. The van der Waals surface area contributed by atoms with E-state index in [2.05, 4.69) is 38.8 Å². The lowest BCUT2D eigenvalue weighted by atomic mass is 10.0. The number of hydrogen-bond donors (Lipinski definition) is 4. The average Bonchev–Trinajstić information content (AvgIpc) is 3.19. The van der Waals surface area contributed by atoms with Gasteiger partial charge in [-0.15, -0.1) is 0 Å². The van der Waals surface area contributed by atoms with E-state index < -0.39 is 0 Å². The molecule has 0 spiro atoms. The maximum absolute atomic E-state index is 13.3. The van der Waals surface area contributed by atoms with Gasteiger partial charge >= 0.3 is 0 Å². The van der Waals surface area contributed by atoms with Gasteiger partial charge in [-0.3, -0.25) is 9.78 Å². The summed E-state index contributed by atoms with van der Waals surface area (Å²) in [7, 11) is 0. The molecular formula is C21H28N6O2S. The first-order valence-electron chi connectivity index (χ1n) is 10.7. The van der Waals surface area contributed by atoms with Crippen molar-refractivity contribution in [1.29, 1.82) is 0 Å². The Bertz CT molecular complexity index is 928. The molecule has 8 nitrogen and oxygen atoms in total. The lowest BCUT2D eigenvalue weighted by Gasteiger charge is -2.31. The van der Waals surface area contributed by atoms with E-state index in [0.29, 0.717) is 36.6 Å². The monoisotopic (exact) mass is 428 g/mol. The lowest BCUT2D eigenvalue weighted by Crippen LogP contribution is -2.44. The van der Waals surface area contributed by atoms with Gasteiger partial charge in [-0.25, -0.2) is 0 Å². The van der Waals surface area contributed by atoms with Gasteiger partial charge in [0.25, 0.3) is 5.56 Å². The summed E-state index contributed by atoms with van der Waals surface area (Å²) in [6.07, 6.45) is 2.16. The Labute approximate surface area is 180 Å². The fourth-order valence-electron chi connectivity index (χ4n) is 4.18. The van der Waals surface area contributed by atoms with Crippen molar-refractivity contribution in [3.8, 4) is 0 Å². The predicted octanol–water partition coefficient (Wildman–Crippen LogP) is 2.38. The van der Waals surface area contributed by atoms with Crippen LogP contribution in [0.1, 0.15) is 30.7 Å². The fraction of sp³-hybridized carbons (Fsp3) is 0.524. The number of ether oxygens (including phenoxy) is 1. The van der Waals surface area contributed by atoms with Gasteiger partial charge in [-0.2, -0.15) is 4.98 Å². The molecule has 5 rings (SSSR count). The van der Waals surface area contributed by atoms with Gasteiger partial charge in [0, 0.05) is 42.3 Å². The summed E-state index contributed by atoms with van der Waals surface area (Å²) in [5, 5.41) is 10.4. The minimum Gasteiger partial charge on any atom is -0.378 e. The number of aromatic nitrogens is 2. The van der Waals surface area contributed by atoms with Gasteiger partial charge in [0.2, 0.25) is 5.95 Å². The second-order valence-electron chi connectivity index (χ2n) is 8.12. The number of piperidine rings is 1. The molecule has 0 radical (unpaired) electrons. The zero-order chi connectivity index (χ0) is 20.5. The number of nitrogens with one attached hydrogen (secondary N) is 4. The fourth-order valence-corrected chi connectivity index (χ4v) is 5.37. The zero-order valence-corrected chi connectivity index (χ0v) is 17.9. The molecule has 9 heteroatoms. The molecule has 2 aromatic rings. The first kappa shape index (κ1) is 19.7. The summed E-state index contributed by atoms with van der Waals surface area (Å²) in [4.78, 5) is 24.4. The number of nitrogens with zero attached hydrogens (tertiary/aromatic N) is 2. The van der Waals surface area contributed by atoms with Crippen LogP contribution in [-0.2, 0) is 4.74 Å². The molecule has 3 atom stereocenters. The summed E-state index contributed by atoms with van der Waals surface area (Å²) in [5.74, 6) is 1.30. The number of H-pyrrole nitrogens is 1. The van der Waals surface area contributed by atoms with Crippen molar-refractivity contribution in [3.05, 3.63) is 40.2 Å². The number of para-hydroxylation sites is 1. The second-order valence-corrected chi connectivity index (χ2v) is 9.26. The minimum atomic E-state index is -0.171. The molecule has 1 unspecified atom stereocenters. The van der Waals surface area contributed by atoms with Crippen LogP contribution in [0.5, 0.6) is 0 Å². The van der Waals surface area contributed by atoms with E-state index in [9.17, 15) is 4.79 Å². The number of hydrogen-bond acceptors (Lipinski definition) is 8. The van der Waals surface area contributed by atoms with Crippen LogP contribution in [0.25, 0.3) is 0 Å². The standard InChI is InChI=1S/C21H28N6O2S/c1-13-6-7-14(12-22-13)23-18-17(20-24-15-4-2-3-5-16(15)30-20)19(28)26-21(25-18)27-8-10-29-11-9-27/h2-5,13-14,20,22,24H,6-12H2,1H3,(H2,23,25,26,28)/t13-,14-,20?/m1/s1. The van der Waals surface area contributed by atoms with Crippen LogP contribution in [0.2, 0.25) is 0 Å². The van der Waals surface area contributed by atoms with E-state index in [1.165, 1.54) is 0 Å². The van der Waals surface area contributed by atoms with Gasteiger partial charge in [0.15, 0.2) is 0 Å². The SMILES string of the molecule is C[C@@H]1CC[C@@H](Nc2nc(N3CCOCC3)[nH]c(=O)c2C2Nc3ccccc3S2)CN1. The summed E-state index contributed by atoms with van der Waals surface area (Å²) >= 11 is 1.66. The Balaban J connectivity index is 1.47. The molecule has 4 N–H and O–H groups in total. The van der Waals surface area contributed by atoms with Crippen molar-refractivity contribution in [2.24, 2.45) is 0 Å². The van der Waals surface area contributed by atoms with Crippen molar-refractivity contribution in [3.63, 3.8) is 0 Å². The summed E-state index contributed by atoms with van der Waals surface area (Å²) < 4.78 is 5.46. The van der Waals surface area contributed by atoms with Crippen LogP contribution in [0.4, 0.5) is 17.5 Å². The van der Waals surface area contributed by atoms with Crippen LogP contribution < -0.4 is 26.4 Å². The number of thioether (sulfide) groups is 1. The second kappa shape index (κ2) is 8.49. The van der Waals surface area contributed by atoms with Crippen LogP contribution in [-0.4, -0.2) is 54.9 Å². The Morgan fingerprint density at radius 2 is 2.07 bits per heavy atom. The number of rotatable bonds is 4. The molecule has 0 bridgehead atoms. The smallest absolute Gasteiger partial charge is 0.260 e. The van der Waals surface area contributed by atoms with Gasteiger partial charge in [0.05, 0.1) is 18.8 Å². The van der Waals surface area contributed by atoms with Crippen LogP contribution in [0.3, 0.4) is 0 Å². The van der Waals surface area contributed by atoms with E-state index in [0.717, 1.165) is 43.1 Å². The zero-order valence-electron chi connectivity index (χ0n) is 17.1. The van der Waals surface area contributed by atoms with Gasteiger partial charge < -0.3 is 25.6 Å². The number of anilines is 3. The molecule has 3 aliphatic rings. The molecule has 0 amide bonds. The minimum absolute atomic E-state index is 0.0936. The molecule has 2 fully saturated rings. The topological polar surface area (TPSA) is 94.3 Å². The molecule has 2 saturated heterocycles. The number of benzene rings is 1. The van der Waals surface area contributed by atoms with Crippen molar-refractivity contribution < 1.29 is 4.74 Å². The van der Waals surface area contributed by atoms with Gasteiger partial charge in [-0.05, 0) is 31.9 Å². The normalized spacial score (nSPS) is 26.2. The Morgan fingerprint density at radius 3 is 2.83 bits per heavy atom. The third-order valence-corrected chi connectivity index (χ3v) is 7.13. The van der Waals surface area contributed by atoms with Crippen molar-refractivity contribution >= 4 is 29.2 Å². The third-order valence-electron chi connectivity index (χ3n) is 5.94. The molecular weight excluding hydrogens is 400 g/mol. The maximum atomic E-state index is 13.3. The van der Waals surface area contributed by atoms with E-state index in [1.54, 1.807) is 11.8 Å². The summed E-state index contributed by atoms with van der Waals surface area (Å²) in [6, 6.07) is 8.93. The Kier molecular flexibility index (Phi) is 5.58. The quantitative estimate of drug-likeness (QED) is 0.590. The van der Waals surface area contributed by atoms with Crippen molar-refractivity contribution in [2.75, 3.05) is 48.4 Å². The largest absolute Gasteiger partial charge is 0.378 e. The molecule has 1 aromatic heterocycles. The van der Waals surface area contributed by atoms with E-state index >= 15 is 0 Å². The average molecular weight is 429 g/mol. The first-order chi connectivity index (χ1) is 14.7. The molecule has 30 heavy (non-hydrogen) atoms. The van der Waals surface area contributed by atoms with E-state index in [-0.39, 0.29) is 17.0 Å². The Morgan fingerprint density at radius 1 is 1.23 bits per heavy atom. The predicted molar refractivity (Wildman–Crippen MR) is 121 cm³/mol. The Hall–Kier alpha value is -2.23. The number of aromatic amines is 1. The molecule has 4 heterocycles. The number of morpholine rings is 1. The van der Waals surface area contributed by atoms with Crippen LogP contribution in [0.15, 0.2) is 34.0 Å². The summed E-state index contributed by atoms with van der Waals surface area (Å²) in [5.41, 5.74) is 1.62. The number of fused-ring (bicyclic) bond motifs is 1. The molecule has 160 valence electrons. The highest BCUT2D eigenvalue weighted by atomic mass is 32.2. The maximum Gasteiger partial charge on any atom is 0.260 e. The summed E-state index contributed by atoms with van der Waals surface area (Å²) in [6.45, 7) is 5.83. The third kappa shape index (κ3) is 4.01. The van der Waals surface area contributed by atoms with Gasteiger partial charge in [-0.1, -0.05) is 23.9 Å². The highest BCUT2D eigenvalue weighted by Crippen LogP contribution is 2.46. The van der Waals surface area contributed by atoms with Crippen LogP contribution in [0, 0.1) is 0 Å². The lowest BCUT2D eigenvalue weighted by molar-refractivity contribution is 0.122.